The Morgan fingerprint density at radius 3 is 2.65 bits per heavy atom. The van der Waals surface area contributed by atoms with Crippen LogP contribution in [0.1, 0.15) is 10.4 Å². The molecule has 2 N–H and O–H groups in total. The van der Waals surface area contributed by atoms with Crippen molar-refractivity contribution >= 4 is 17.6 Å². The fourth-order valence-electron chi connectivity index (χ4n) is 1.60. The van der Waals surface area contributed by atoms with Crippen LogP contribution >= 0.6 is 0 Å². The van der Waals surface area contributed by atoms with Gasteiger partial charge in [0.05, 0.1) is 19.0 Å². The molecule has 1 heterocycles. The van der Waals surface area contributed by atoms with Crippen LogP contribution in [0, 0.1) is 0 Å². The SMILES string of the molecule is COc1ccc(C(=O)Nc2cnn(CC(=O)O)c2)cc1. The van der Waals surface area contributed by atoms with E-state index in [0.717, 1.165) is 0 Å². The van der Waals surface area contributed by atoms with E-state index in [1.54, 1.807) is 31.4 Å². The van der Waals surface area contributed by atoms with Crippen molar-refractivity contribution in [3.8, 4) is 5.75 Å². The molecule has 104 valence electrons. The number of aliphatic carboxylic acids is 1. The lowest BCUT2D eigenvalue weighted by Crippen LogP contribution is -2.11. The zero-order valence-electron chi connectivity index (χ0n) is 10.7. The normalized spacial score (nSPS) is 10.1. The Bertz CT molecular complexity index is 619. The minimum atomic E-state index is -0.999. The summed E-state index contributed by atoms with van der Waals surface area (Å²) in [6.07, 6.45) is 2.85. The molecule has 0 aliphatic heterocycles. The van der Waals surface area contributed by atoms with E-state index in [4.69, 9.17) is 9.84 Å². The van der Waals surface area contributed by atoms with Gasteiger partial charge in [-0.1, -0.05) is 0 Å². The van der Waals surface area contributed by atoms with Crippen molar-refractivity contribution in [3.05, 3.63) is 42.2 Å². The number of ether oxygens (including phenoxy) is 1. The predicted molar refractivity (Wildman–Crippen MR) is 70.8 cm³/mol. The molecule has 0 fully saturated rings. The standard InChI is InChI=1S/C13H13N3O4/c1-20-11-4-2-9(3-5-11)13(19)15-10-6-14-16(7-10)8-12(17)18/h2-7H,8H2,1H3,(H,15,19)(H,17,18). The molecule has 2 aromatic rings. The molecule has 0 bridgehead atoms. The third-order valence-electron chi connectivity index (χ3n) is 2.54. The van der Waals surface area contributed by atoms with Crippen LogP contribution in [-0.2, 0) is 11.3 Å². The van der Waals surface area contributed by atoms with E-state index in [1.165, 1.54) is 17.1 Å². The Hall–Kier alpha value is -2.83. The Balaban J connectivity index is 2.03. The summed E-state index contributed by atoms with van der Waals surface area (Å²) in [5, 5.41) is 15.1. The van der Waals surface area contributed by atoms with Crippen LogP contribution in [-0.4, -0.2) is 33.9 Å². The topological polar surface area (TPSA) is 93.5 Å². The van der Waals surface area contributed by atoms with Crippen LogP contribution in [0.3, 0.4) is 0 Å². The molecule has 0 saturated heterocycles. The van der Waals surface area contributed by atoms with Crippen molar-refractivity contribution in [3.63, 3.8) is 0 Å². The highest BCUT2D eigenvalue weighted by Crippen LogP contribution is 2.13. The molecule has 0 saturated carbocycles. The van der Waals surface area contributed by atoms with Gasteiger partial charge in [0.2, 0.25) is 0 Å². The van der Waals surface area contributed by atoms with Gasteiger partial charge in [-0.2, -0.15) is 5.10 Å². The summed E-state index contributed by atoms with van der Waals surface area (Å²) in [5.41, 5.74) is 0.906. The van der Waals surface area contributed by atoms with Crippen LogP contribution in [0.2, 0.25) is 0 Å². The van der Waals surface area contributed by atoms with E-state index >= 15 is 0 Å². The van der Waals surface area contributed by atoms with Crippen LogP contribution in [0.5, 0.6) is 5.75 Å². The first-order chi connectivity index (χ1) is 9.58. The van der Waals surface area contributed by atoms with Gasteiger partial charge in [-0.25, -0.2) is 0 Å². The van der Waals surface area contributed by atoms with Crippen molar-refractivity contribution in [2.24, 2.45) is 0 Å². The average Bonchev–Trinajstić information content (AvgIpc) is 2.85. The maximum absolute atomic E-state index is 11.9. The largest absolute Gasteiger partial charge is 0.497 e. The maximum atomic E-state index is 11.9. The number of methoxy groups -OCH3 is 1. The monoisotopic (exact) mass is 275 g/mol. The van der Waals surface area contributed by atoms with E-state index in [0.29, 0.717) is 17.0 Å². The van der Waals surface area contributed by atoms with Crippen molar-refractivity contribution in [2.45, 2.75) is 6.54 Å². The third kappa shape index (κ3) is 3.35. The molecule has 1 amide bonds. The van der Waals surface area contributed by atoms with Gasteiger partial charge >= 0.3 is 5.97 Å². The van der Waals surface area contributed by atoms with Gasteiger partial charge in [0.15, 0.2) is 0 Å². The van der Waals surface area contributed by atoms with Crippen molar-refractivity contribution < 1.29 is 19.4 Å². The Morgan fingerprint density at radius 1 is 1.35 bits per heavy atom. The summed E-state index contributed by atoms with van der Waals surface area (Å²) in [6.45, 7) is -0.252. The average molecular weight is 275 g/mol. The third-order valence-corrected chi connectivity index (χ3v) is 2.54. The number of benzene rings is 1. The highest BCUT2D eigenvalue weighted by atomic mass is 16.5. The number of carboxylic acids is 1. The van der Waals surface area contributed by atoms with E-state index in [9.17, 15) is 9.59 Å². The fraction of sp³-hybridized carbons (Fsp3) is 0.154. The molecule has 2 rings (SSSR count). The van der Waals surface area contributed by atoms with Crippen molar-refractivity contribution in [1.82, 2.24) is 9.78 Å². The van der Waals surface area contributed by atoms with Crippen LogP contribution in [0.4, 0.5) is 5.69 Å². The molecule has 0 unspecified atom stereocenters. The summed E-state index contributed by atoms with van der Waals surface area (Å²) in [6, 6.07) is 6.64. The van der Waals surface area contributed by atoms with Gasteiger partial charge in [-0.15, -0.1) is 0 Å². The lowest BCUT2D eigenvalue weighted by Gasteiger charge is -2.03. The van der Waals surface area contributed by atoms with Gasteiger partial charge < -0.3 is 15.2 Å². The molecule has 20 heavy (non-hydrogen) atoms. The fourth-order valence-corrected chi connectivity index (χ4v) is 1.60. The number of hydrogen-bond acceptors (Lipinski definition) is 4. The highest BCUT2D eigenvalue weighted by molar-refractivity contribution is 6.04. The Labute approximate surface area is 114 Å². The van der Waals surface area contributed by atoms with Crippen LogP contribution < -0.4 is 10.1 Å². The Morgan fingerprint density at radius 2 is 2.05 bits per heavy atom. The molecule has 0 aliphatic carbocycles. The number of hydrogen-bond donors (Lipinski definition) is 2. The molecule has 0 atom stereocenters. The van der Waals surface area contributed by atoms with Crippen LogP contribution in [0.15, 0.2) is 36.7 Å². The summed E-state index contributed by atoms with van der Waals surface area (Å²) in [5.74, 6) is -0.639. The second-order valence-corrected chi connectivity index (χ2v) is 4.00. The molecule has 0 spiro atoms. The zero-order valence-corrected chi connectivity index (χ0v) is 10.7. The lowest BCUT2D eigenvalue weighted by molar-refractivity contribution is -0.137. The molecule has 7 nitrogen and oxygen atoms in total. The number of nitrogens with one attached hydrogen (secondary N) is 1. The number of carbonyl (C=O) groups excluding carboxylic acids is 1. The smallest absolute Gasteiger partial charge is 0.325 e. The quantitative estimate of drug-likeness (QED) is 0.856. The van der Waals surface area contributed by atoms with E-state index < -0.39 is 5.97 Å². The molecular formula is C13H13N3O4. The second-order valence-electron chi connectivity index (χ2n) is 4.00. The van der Waals surface area contributed by atoms with E-state index in [2.05, 4.69) is 10.4 Å². The van der Waals surface area contributed by atoms with Gasteiger partial charge in [0.1, 0.15) is 12.3 Å². The molecular weight excluding hydrogens is 262 g/mol. The molecule has 1 aromatic carbocycles. The molecule has 1 aromatic heterocycles. The second kappa shape index (κ2) is 5.87. The number of rotatable bonds is 5. The zero-order chi connectivity index (χ0) is 14.5. The highest BCUT2D eigenvalue weighted by Gasteiger charge is 2.08. The summed E-state index contributed by atoms with van der Waals surface area (Å²) in [4.78, 5) is 22.5. The number of nitrogens with zero attached hydrogens (tertiary/aromatic N) is 2. The van der Waals surface area contributed by atoms with E-state index in [-0.39, 0.29) is 12.5 Å². The first-order valence-corrected chi connectivity index (χ1v) is 5.78. The van der Waals surface area contributed by atoms with Crippen molar-refractivity contribution in [2.75, 3.05) is 12.4 Å². The van der Waals surface area contributed by atoms with Gasteiger partial charge in [0, 0.05) is 11.8 Å². The number of carbonyl (C=O) groups is 2. The predicted octanol–water partition coefficient (Wildman–Crippen LogP) is 1.23. The minimum Gasteiger partial charge on any atom is -0.497 e. The van der Waals surface area contributed by atoms with Gasteiger partial charge in [0.25, 0.3) is 5.91 Å². The van der Waals surface area contributed by atoms with Crippen LogP contribution in [0.25, 0.3) is 0 Å². The van der Waals surface area contributed by atoms with Gasteiger partial charge in [-0.3, -0.25) is 14.3 Å². The molecule has 7 heteroatoms. The first kappa shape index (κ1) is 13.6. The maximum Gasteiger partial charge on any atom is 0.325 e. The number of aromatic nitrogens is 2. The van der Waals surface area contributed by atoms with Gasteiger partial charge in [-0.05, 0) is 24.3 Å². The summed E-state index contributed by atoms with van der Waals surface area (Å²) in [7, 11) is 1.55. The number of anilines is 1. The number of amides is 1. The summed E-state index contributed by atoms with van der Waals surface area (Å²) < 4.78 is 6.23. The molecule has 0 radical (unpaired) electrons. The Kier molecular flexibility index (Phi) is 3.99. The lowest BCUT2D eigenvalue weighted by atomic mass is 10.2. The minimum absolute atomic E-state index is 0.252. The van der Waals surface area contributed by atoms with Crippen molar-refractivity contribution in [1.29, 1.82) is 0 Å². The number of carboxylic acid groups (broad SMARTS) is 1. The van der Waals surface area contributed by atoms with E-state index in [1.807, 2.05) is 0 Å². The molecule has 0 aliphatic rings. The first-order valence-electron chi connectivity index (χ1n) is 5.78. The summed E-state index contributed by atoms with van der Waals surface area (Å²) >= 11 is 0.